The largest absolute Gasteiger partial charge is 0.306 e. The lowest BCUT2D eigenvalue weighted by Gasteiger charge is -2.24. The van der Waals surface area contributed by atoms with Crippen LogP contribution in [-0.4, -0.2) is 36.8 Å². The minimum absolute atomic E-state index is 0.0809. The number of nitrogens with zero attached hydrogens (tertiary/aromatic N) is 6. The molecule has 0 saturated heterocycles. The van der Waals surface area contributed by atoms with Crippen molar-refractivity contribution in [2.24, 2.45) is 0 Å². The van der Waals surface area contributed by atoms with E-state index >= 15 is 0 Å². The van der Waals surface area contributed by atoms with E-state index in [1.807, 2.05) is 41.1 Å². The Labute approximate surface area is 138 Å². The fourth-order valence-corrected chi connectivity index (χ4v) is 2.74. The number of amides is 1. The fourth-order valence-electron chi connectivity index (χ4n) is 2.74. The van der Waals surface area contributed by atoms with Crippen LogP contribution in [0.4, 0.5) is 5.95 Å². The maximum absolute atomic E-state index is 12.4. The van der Waals surface area contributed by atoms with Crippen molar-refractivity contribution in [3.63, 3.8) is 0 Å². The Morgan fingerprint density at radius 3 is 2.83 bits per heavy atom. The van der Waals surface area contributed by atoms with Gasteiger partial charge < -0.3 is 4.57 Å². The van der Waals surface area contributed by atoms with E-state index in [1.54, 1.807) is 28.2 Å². The molecule has 2 aromatic heterocycles. The van der Waals surface area contributed by atoms with Gasteiger partial charge in [-0.1, -0.05) is 12.1 Å². The number of fused-ring (bicyclic) bond motifs is 1. The van der Waals surface area contributed by atoms with Gasteiger partial charge in [0.15, 0.2) is 0 Å². The first-order valence-electron chi connectivity index (χ1n) is 7.77. The van der Waals surface area contributed by atoms with Crippen molar-refractivity contribution in [1.82, 2.24) is 24.3 Å². The quantitative estimate of drug-likeness (QED) is 0.691. The van der Waals surface area contributed by atoms with Crippen molar-refractivity contribution >= 4 is 17.9 Å². The van der Waals surface area contributed by atoms with Crippen LogP contribution in [0.15, 0.2) is 55.4 Å². The molecule has 7 nitrogen and oxygen atoms in total. The summed E-state index contributed by atoms with van der Waals surface area (Å²) in [5.41, 5.74) is 1.99. The first-order valence-corrected chi connectivity index (χ1v) is 7.77. The number of rotatable bonds is 3. The number of aryl methyl sites for hydroxylation is 1. The van der Waals surface area contributed by atoms with Gasteiger partial charge in [-0.2, -0.15) is 10.1 Å². The Hall–Kier alpha value is -3.22. The molecule has 0 aliphatic carbocycles. The van der Waals surface area contributed by atoms with Gasteiger partial charge in [0.05, 0.1) is 6.33 Å². The van der Waals surface area contributed by atoms with Crippen LogP contribution in [0.5, 0.6) is 0 Å². The summed E-state index contributed by atoms with van der Waals surface area (Å²) in [4.78, 5) is 22.3. The van der Waals surface area contributed by atoms with Crippen molar-refractivity contribution in [2.75, 3.05) is 11.4 Å². The van der Waals surface area contributed by atoms with Crippen LogP contribution in [0.1, 0.15) is 12.0 Å². The van der Waals surface area contributed by atoms with Gasteiger partial charge in [0.25, 0.3) is 5.91 Å². The molecule has 0 saturated carbocycles. The predicted octanol–water partition coefficient (Wildman–Crippen LogP) is 1.91. The van der Waals surface area contributed by atoms with Crippen LogP contribution >= 0.6 is 0 Å². The number of hydrogen-bond donors (Lipinski definition) is 0. The second-order valence-corrected chi connectivity index (χ2v) is 5.52. The van der Waals surface area contributed by atoms with Crippen LogP contribution in [0.25, 0.3) is 11.8 Å². The highest BCUT2D eigenvalue weighted by atomic mass is 16.2. The molecule has 120 valence electrons. The normalized spacial score (nSPS) is 14.1. The van der Waals surface area contributed by atoms with Crippen LogP contribution in [0.3, 0.4) is 0 Å². The fraction of sp³-hybridized carbons (Fsp3) is 0.176. The highest BCUT2D eigenvalue weighted by Crippen LogP contribution is 2.17. The number of benzene rings is 1. The zero-order chi connectivity index (χ0) is 16.4. The zero-order valence-electron chi connectivity index (χ0n) is 13.0. The minimum atomic E-state index is -0.0809. The first kappa shape index (κ1) is 14.4. The summed E-state index contributed by atoms with van der Waals surface area (Å²) in [5.74, 6) is 0.536. The topological polar surface area (TPSA) is 68.8 Å². The van der Waals surface area contributed by atoms with E-state index in [2.05, 4.69) is 15.1 Å². The third-order valence-electron chi connectivity index (χ3n) is 3.97. The highest BCUT2D eigenvalue weighted by Gasteiger charge is 2.22. The second kappa shape index (κ2) is 6.11. The molecule has 0 radical (unpaired) electrons. The molecule has 7 heteroatoms. The van der Waals surface area contributed by atoms with Crippen molar-refractivity contribution in [1.29, 1.82) is 0 Å². The third-order valence-corrected chi connectivity index (χ3v) is 3.97. The summed E-state index contributed by atoms with van der Waals surface area (Å²) in [5, 5.41) is 4.12. The highest BCUT2D eigenvalue weighted by molar-refractivity contribution is 6.02. The number of aromatic nitrogens is 5. The summed E-state index contributed by atoms with van der Waals surface area (Å²) < 4.78 is 3.69. The monoisotopic (exact) mass is 320 g/mol. The van der Waals surface area contributed by atoms with Crippen molar-refractivity contribution in [3.05, 3.63) is 61.0 Å². The van der Waals surface area contributed by atoms with Crippen LogP contribution in [0.2, 0.25) is 0 Å². The molecule has 0 atom stereocenters. The predicted molar refractivity (Wildman–Crippen MR) is 89.6 cm³/mol. The number of anilines is 1. The average molecular weight is 320 g/mol. The number of hydrogen-bond acceptors (Lipinski definition) is 4. The Kier molecular flexibility index (Phi) is 3.66. The zero-order valence-corrected chi connectivity index (χ0v) is 13.0. The maximum atomic E-state index is 12.4. The SMILES string of the molecule is O=C(/C=C/c1ccc(-n2ccnc2)cc1)N1CCCn2ncnc21. The molecule has 4 rings (SSSR count). The second-order valence-electron chi connectivity index (χ2n) is 5.52. The lowest BCUT2D eigenvalue weighted by molar-refractivity contribution is -0.114. The van der Waals surface area contributed by atoms with Crippen molar-refractivity contribution < 1.29 is 4.79 Å². The molecule has 1 aliphatic rings. The molecule has 1 aliphatic heterocycles. The molecule has 0 bridgehead atoms. The Morgan fingerprint density at radius 2 is 2.04 bits per heavy atom. The van der Waals surface area contributed by atoms with Gasteiger partial charge in [-0.05, 0) is 30.2 Å². The molecule has 24 heavy (non-hydrogen) atoms. The maximum Gasteiger partial charge on any atom is 0.253 e. The molecule has 0 fully saturated rings. The van der Waals surface area contributed by atoms with Crippen molar-refractivity contribution in [3.8, 4) is 5.69 Å². The van der Waals surface area contributed by atoms with Gasteiger partial charge >= 0.3 is 0 Å². The summed E-state index contributed by atoms with van der Waals surface area (Å²) in [6.07, 6.45) is 11.1. The standard InChI is InChI=1S/C17H16N6O/c24-16(22-9-1-10-23-17(22)19-12-20-23)7-4-14-2-5-15(6-3-14)21-11-8-18-13-21/h2-8,11-13H,1,9-10H2/b7-4+. The molecule has 0 N–H and O–H groups in total. The van der Waals surface area contributed by atoms with E-state index in [0.717, 1.165) is 24.2 Å². The smallest absolute Gasteiger partial charge is 0.253 e. The molecule has 3 aromatic rings. The van der Waals surface area contributed by atoms with Gasteiger partial charge in [-0.3, -0.25) is 9.69 Å². The van der Waals surface area contributed by atoms with Gasteiger partial charge in [0, 0.05) is 37.2 Å². The van der Waals surface area contributed by atoms with E-state index in [9.17, 15) is 4.79 Å². The third kappa shape index (κ3) is 2.71. The summed E-state index contributed by atoms with van der Waals surface area (Å²) in [7, 11) is 0. The number of carbonyl (C=O) groups excluding carboxylic acids is 1. The van der Waals surface area contributed by atoms with Gasteiger partial charge in [0.1, 0.15) is 6.33 Å². The molecule has 0 spiro atoms. The van der Waals surface area contributed by atoms with E-state index in [4.69, 9.17) is 0 Å². The van der Waals surface area contributed by atoms with Gasteiger partial charge in [-0.25, -0.2) is 9.67 Å². The summed E-state index contributed by atoms with van der Waals surface area (Å²) in [6.45, 7) is 1.47. The Morgan fingerprint density at radius 1 is 1.17 bits per heavy atom. The number of carbonyl (C=O) groups is 1. The summed E-state index contributed by atoms with van der Waals surface area (Å²) in [6, 6.07) is 7.92. The molecule has 3 heterocycles. The number of imidazole rings is 1. The molecular weight excluding hydrogens is 304 g/mol. The summed E-state index contributed by atoms with van der Waals surface area (Å²) >= 11 is 0. The van der Waals surface area contributed by atoms with E-state index in [-0.39, 0.29) is 5.91 Å². The van der Waals surface area contributed by atoms with Crippen LogP contribution < -0.4 is 4.90 Å². The van der Waals surface area contributed by atoms with E-state index < -0.39 is 0 Å². The first-order chi connectivity index (χ1) is 11.8. The van der Waals surface area contributed by atoms with Gasteiger partial charge in [-0.15, -0.1) is 0 Å². The van der Waals surface area contributed by atoms with E-state index in [0.29, 0.717) is 12.5 Å². The van der Waals surface area contributed by atoms with Crippen molar-refractivity contribution in [2.45, 2.75) is 13.0 Å². The average Bonchev–Trinajstić information content (AvgIpc) is 3.31. The van der Waals surface area contributed by atoms with Crippen LogP contribution in [-0.2, 0) is 11.3 Å². The molecule has 0 unspecified atom stereocenters. The lowest BCUT2D eigenvalue weighted by atomic mass is 10.2. The Balaban J connectivity index is 1.48. The van der Waals surface area contributed by atoms with E-state index in [1.165, 1.54) is 6.33 Å². The Bertz CT molecular complexity index is 863. The molecule has 1 amide bonds. The van der Waals surface area contributed by atoms with Gasteiger partial charge in [0.2, 0.25) is 5.95 Å². The lowest BCUT2D eigenvalue weighted by Crippen LogP contribution is -2.37. The minimum Gasteiger partial charge on any atom is -0.306 e. The van der Waals surface area contributed by atoms with Crippen LogP contribution in [0, 0.1) is 0 Å². The molecular formula is C17H16N6O. The molecule has 1 aromatic carbocycles.